The van der Waals surface area contributed by atoms with Crippen LogP contribution in [0.25, 0.3) is 0 Å². The molecule has 2 aromatic heterocycles. The second-order valence-electron chi connectivity index (χ2n) is 5.90. The molecule has 134 valence electrons. The van der Waals surface area contributed by atoms with E-state index in [9.17, 15) is 18.0 Å². The molecule has 1 aliphatic rings. The maximum atomic E-state index is 12.9. The van der Waals surface area contributed by atoms with Crippen molar-refractivity contribution in [1.29, 1.82) is 0 Å². The zero-order chi connectivity index (χ0) is 18.0. The third kappa shape index (κ3) is 4.09. The van der Waals surface area contributed by atoms with Crippen LogP contribution < -0.4 is 10.2 Å². The average Bonchev–Trinajstić information content (AvgIpc) is 3.09. The molecule has 3 rings (SSSR count). The number of anilines is 1. The lowest BCUT2D eigenvalue weighted by Crippen LogP contribution is -2.45. The maximum absolute atomic E-state index is 12.9. The van der Waals surface area contributed by atoms with Gasteiger partial charge in [-0.2, -0.15) is 13.2 Å². The number of nitrogens with one attached hydrogen (secondary N) is 1. The number of rotatable bonds is 3. The first-order chi connectivity index (χ1) is 11.8. The molecule has 0 saturated carbocycles. The van der Waals surface area contributed by atoms with Crippen molar-refractivity contribution in [1.82, 2.24) is 15.3 Å². The van der Waals surface area contributed by atoms with Crippen molar-refractivity contribution < 1.29 is 22.4 Å². The van der Waals surface area contributed by atoms with Crippen molar-refractivity contribution in [3.63, 3.8) is 0 Å². The van der Waals surface area contributed by atoms with Crippen LogP contribution in [0.15, 0.2) is 29.1 Å². The van der Waals surface area contributed by atoms with Crippen molar-refractivity contribution in [2.75, 3.05) is 18.0 Å². The fourth-order valence-electron chi connectivity index (χ4n) is 2.77. The molecule has 0 bridgehead atoms. The molecule has 6 nitrogen and oxygen atoms in total. The second-order valence-corrected chi connectivity index (χ2v) is 5.90. The van der Waals surface area contributed by atoms with Crippen LogP contribution in [0.3, 0.4) is 0 Å². The monoisotopic (exact) mass is 354 g/mol. The minimum Gasteiger partial charge on any atom is -0.472 e. The van der Waals surface area contributed by atoms with Gasteiger partial charge in [0.25, 0.3) is 5.91 Å². The van der Waals surface area contributed by atoms with Crippen LogP contribution in [-0.4, -0.2) is 35.0 Å². The van der Waals surface area contributed by atoms with Crippen LogP contribution in [0.2, 0.25) is 0 Å². The molecule has 0 unspecified atom stereocenters. The largest absolute Gasteiger partial charge is 0.472 e. The predicted octanol–water partition coefficient (Wildman–Crippen LogP) is 2.80. The molecule has 2 aromatic rings. The van der Waals surface area contributed by atoms with E-state index in [1.807, 2.05) is 0 Å². The lowest BCUT2D eigenvalue weighted by Gasteiger charge is -2.33. The topological polar surface area (TPSA) is 71.3 Å². The zero-order valence-electron chi connectivity index (χ0n) is 13.5. The number of piperidine rings is 1. The van der Waals surface area contributed by atoms with Crippen molar-refractivity contribution in [2.24, 2.45) is 0 Å². The van der Waals surface area contributed by atoms with Crippen LogP contribution in [0.5, 0.6) is 0 Å². The molecule has 0 radical (unpaired) electrons. The molecule has 0 aliphatic carbocycles. The normalized spacial score (nSPS) is 16.1. The van der Waals surface area contributed by atoms with Crippen molar-refractivity contribution in [2.45, 2.75) is 32.0 Å². The van der Waals surface area contributed by atoms with Crippen LogP contribution >= 0.6 is 0 Å². The molecule has 1 aliphatic heterocycles. The molecule has 0 spiro atoms. The Balaban J connectivity index is 1.62. The van der Waals surface area contributed by atoms with Gasteiger partial charge in [0.05, 0.1) is 11.8 Å². The van der Waals surface area contributed by atoms with Gasteiger partial charge in [-0.15, -0.1) is 0 Å². The minimum atomic E-state index is -4.50. The first kappa shape index (κ1) is 17.2. The van der Waals surface area contributed by atoms with Gasteiger partial charge in [0.2, 0.25) is 0 Å². The third-order valence-electron chi connectivity index (χ3n) is 4.05. The number of aromatic nitrogens is 2. The number of alkyl halides is 3. The standard InChI is InChI=1S/C16H17F3N4O2/c1-10-20-13(16(17,18)19)8-14(21-10)23-5-2-12(3-6-23)22-15(24)11-4-7-25-9-11/h4,7-9,12H,2-3,5-6H2,1H3,(H,22,24). The maximum Gasteiger partial charge on any atom is 0.433 e. The summed E-state index contributed by atoms with van der Waals surface area (Å²) in [6, 6.07) is 2.51. The molecule has 25 heavy (non-hydrogen) atoms. The summed E-state index contributed by atoms with van der Waals surface area (Å²) in [6.45, 7) is 2.45. The first-order valence-electron chi connectivity index (χ1n) is 7.84. The molecule has 1 saturated heterocycles. The molecule has 1 N–H and O–H groups in total. The summed E-state index contributed by atoms with van der Waals surface area (Å²) in [5.74, 6) is 0.129. The fourth-order valence-corrected chi connectivity index (χ4v) is 2.77. The van der Waals surface area contributed by atoms with Crippen molar-refractivity contribution in [3.8, 4) is 0 Å². The van der Waals surface area contributed by atoms with Gasteiger partial charge >= 0.3 is 6.18 Å². The lowest BCUT2D eigenvalue weighted by molar-refractivity contribution is -0.141. The number of halogens is 3. The predicted molar refractivity (Wildman–Crippen MR) is 83.2 cm³/mol. The van der Waals surface area contributed by atoms with Gasteiger partial charge in [0.15, 0.2) is 0 Å². The number of amides is 1. The summed E-state index contributed by atoms with van der Waals surface area (Å²) >= 11 is 0. The number of carbonyl (C=O) groups excluding carboxylic acids is 1. The highest BCUT2D eigenvalue weighted by Crippen LogP contribution is 2.30. The molecule has 1 amide bonds. The SMILES string of the molecule is Cc1nc(N2CCC(NC(=O)c3ccoc3)CC2)cc(C(F)(F)F)n1. The van der Waals surface area contributed by atoms with Crippen LogP contribution in [-0.2, 0) is 6.18 Å². The quantitative estimate of drug-likeness (QED) is 0.918. The number of nitrogens with zero attached hydrogens (tertiary/aromatic N) is 3. The zero-order valence-corrected chi connectivity index (χ0v) is 13.5. The Bertz CT molecular complexity index is 738. The third-order valence-corrected chi connectivity index (χ3v) is 4.05. The van der Waals surface area contributed by atoms with E-state index in [-0.39, 0.29) is 23.6 Å². The van der Waals surface area contributed by atoms with Gasteiger partial charge in [-0.05, 0) is 25.8 Å². The molecule has 3 heterocycles. The highest BCUT2D eigenvalue weighted by molar-refractivity contribution is 5.93. The van der Waals surface area contributed by atoms with E-state index in [1.165, 1.54) is 19.5 Å². The average molecular weight is 354 g/mol. The van der Waals surface area contributed by atoms with Crippen LogP contribution in [0, 0.1) is 6.92 Å². The highest BCUT2D eigenvalue weighted by Gasteiger charge is 2.34. The number of furan rings is 1. The molecule has 0 aromatic carbocycles. The number of aryl methyl sites for hydroxylation is 1. The Kier molecular flexibility index (Phi) is 4.65. The van der Waals surface area contributed by atoms with E-state index >= 15 is 0 Å². The van der Waals surface area contributed by atoms with Gasteiger partial charge < -0.3 is 14.6 Å². The second kappa shape index (κ2) is 6.73. The summed E-state index contributed by atoms with van der Waals surface area (Å²) in [6.07, 6.45) is -0.471. The fraction of sp³-hybridized carbons (Fsp3) is 0.438. The van der Waals surface area contributed by atoms with Crippen LogP contribution in [0.4, 0.5) is 19.0 Å². The van der Waals surface area contributed by atoms with Gasteiger partial charge in [-0.3, -0.25) is 4.79 Å². The van der Waals surface area contributed by atoms with Gasteiger partial charge in [0.1, 0.15) is 23.6 Å². The molecule has 0 atom stereocenters. The summed E-state index contributed by atoms with van der Waals surface area (Å²) in [5, 5.41) is 2.90. The van der Waals surface area contributed by atoms with Gasteiger partial charge in [0, 0.05) is 25.2 Å². The van der Waals surface area contributed by atoms with Crippen molar-refractivity contribution >= 4 is 11.7 Å². The lowest BCUT2D eigenvalue weighted by atomic mass is 10.0. The number of carbonyl (C=O) groups is 1. The minimum absolute atomic E-state index is 0.0383. The number of hydrogen-bond acceptors (Lipinski definition) is 5. The molecular formula is C16H17F3N4O2. The molecular weight excluding hydrogens is 337 g/mol. The smallest absolute Gasteiger partial charge is 0.433 e. The van der Waals surface area contributed by atoms with Gasteiger partial charge in [-0.25, -0.2) is 9.97 Å². The Labute approximate surface area is 142 Å². The summed E-state index contributed by atoms with van der Waals surface area (Å²) in [7, 11) is 0. The van der Waals surface area contributed by atoms with E-state index in [2.05, 4.69) is 15.3 Å². The Morgan fingerprint density at radius 1 is 1.32 bits per heavy atom. The van der Waals surface area contributed by atoms with Gasteiger partial charge in [-0.1, -0.05) is 0 Å². The highest BCUT2D eigenvalue weighted by atomic mass is 19.4. The molecule has 1 fully saturated rings. The Morgan fingerprint density at radius 2 is 2.04 bits per heavy atom. The number of hydrogen-bond donors (Lipinski definition) is 1. The van der Waals surface area contributed by atoms with E-state index in [0.717, 1.165) is 6.07 Å². The first-order valence-corrected chi connectivity index (χ1v) is 7.84. The summed E-state index contributed by atoms with van der Waals surface area (Å²) in [4.78, 5) is 21.3. The van der Waals surface area contributed by atoms with E-state index in [0.29, 0.717) is 31.5 Å². The summed E-state index contributed by atoms with van der Waals surface area (Å²) < 4.78 is 43.5. The van der Waals surface area contributed by atoms with Crippen LogP contribution in [0.1, 0.15) is 34.7 Å². The molecule has 9 heteroatoms. The Hall–Kier alpha value is -2.58. The van der Waals surface area contributed by atoms with Crippen molar-refractivity contribution in [3.05, 3.63) is 41.7 Å². The van der Waals surface area contributed by atoms with E-state index < -0.39 is 11.9 Å². The Morgan fingerprint density at radius 3 is 2.64 bits per heavy atom. The van der Waals surface area contributed by atoms with E-state index in [4.69, 9.17) is 4.42 Å². The van der Waals surface area contributed by atoms with E-state index in [1.54, 1.807) is 11.0 Å². The summed E-state index contributed by atoms with van der Waals surface area (Å²) in [5.41, 5.74) is -0.492.